The van der Waals surface area contributed by atoms with E-state index in [1.54, 1.807) is 19.1 Å². The molecule has 1 saturated carbocycles. The second-order valence-electron chi connectivity index (χ2n) is 8.48. The number of phenols is 1. The molecule has 2 N–H and O–H groups in total. The van der Waals surface area contributed by atoms with E-state index >= 15 is 0 Å². The fraction of sp³-hybridized carbons (Fsp3) is 0.545. The lowest BCUT2D eigenvalue weighted by Gasteiger charge is -2.29. The van der Waals surface area contributed by atoms with Crippen LogP contribution in [0.4, 0.5) is 13.2 Å². The van der Waals surface area contributed by atoms with Crippen molar-refractivity contribution in [2.24, 2.45) is 5.41 Å². The molecule has 1 unspecified atom stereocenters. The van der Waals surface area contributed by atoms with E-state index < -0.39 is 17.5 Å². The number of thiazole rings is 1. The molecule has 1 amide bonds. The van der Waals surface area contributed by atoms with Crippen molar-refractivity contribution >= 4 is 17.2 Å². The second-order valence-corrected chi connectivity index (χ2v) is 9.75. The Morgan fingerprint density at radius 1 is 1.29 bits per heavy atom. The zero-order valence-electron chi connectivity index (χ0n) is 17.9. The van der Waals surface area contributed by atoms with Gasteiger partial charge in [-0.25, -0.2) is 4.98 Å². The summed E-state index contributed by atoms with van der Waals surface area (Å²) in [4.78, 5) is 19.3. The Morgan fingerprint density at radius 2 is 1.94 bits per heavy atom. The van der Waals surface area contributed by atoms with Gasteiger partial charge in [-0.2, -0.15) is 13.2 Å². The first-order chi connectivity index (χ1) is 14.5. The minimum absolute atomic E-state index is 0.0323. The largest absolute Gasteiger partial charge is 0.508 e. The number of amides is 1. The van der Waals surface area contributed by atoms with Gasteiger partial charge in [-0.1, -0.05) is 12.1 Å². The molecule has 1 aromatic carbocycles. The van der Waals surface area contributed by atoms with Crippen LogP contribution in [0.5, 0.6) is 5.75 Å². The summed E-state index contributed by atoms with van der Waals surface area (Å²) in [6.45, 7) is 2.07. The number of benzene rings is 1. The van der Waals surface area contributed by atoms with E-state index in [1.807, 2.05) is 31.1 Å². The molecule has 2 atom stereocenters. The average molecular weight is 456 g/mol. The second kappa shape index (κ2) is 9.16. The van der Waals surface area contributed by atoms with Gasteiger partial charge < -0.3 is 15.3 Å². The van der Waals surface area contributed by atoms with Crippen LogP contribution in [0.2, 0.25) is 0 Å². The molecule has 0 saturated heterocycles. The van der Waals surface area contributed by atoms with Crippen LogP contribution < -0.4 is 5.32 Å². The molecule has 0 radical (unpaired) electrons. The third-order valence-electron chi connectivity index (χ3n) is 6.07. The number of nitrogens with one attached hydrogen (secondary N) is 1. The summed E-state index contributed by atoms with van der Waals surface area (Å²) in [6.07, 6.45) is -2.34. The summed E-state index contributed by atoms with van der Waals surface area (Å²) < 4.78 is 41.4. The maximum absolute atomic E-state index is 13.8. The van der Waals surface area contributed by atoms with Gasteiger partial charge in [0.15, 0.2) is 0 Å². The number of alkyl halides is 3. The number of hydrogen-bond donors (Lipinski definition) is 2. The van der Waals surface area contributed by atoms with Crippen LogP contribution in [0.3, 0.4) is 0 Å². The number of rotatable bonds is 9. The highest BCUT2D eigenvalue weighted by Crippen LogP contribution is 2.66. The first-order valence-electron chi connectivity index (χ1n) is 10.2. The highest BCUT2D eigenvalue weighted by molar-refractivity contribution is 7.11. The maximum Gasteiger partial charge on any atom is 0.395 e. The smallest absolute Gasteiger partial charge is 0.395 e. The van der Waals surface area contributed by atoms with Crippen molar-refractivity contribution in [2.75, 3.05) is 20.6 Å². The predicted molar refractivity (Wildman–Crippen MR) is 114 cm³/mol. The van der Waals surface area contributed by atoms with Gasteiger partial charge in [-0.05, 0) is 58.0 Å². The third-order valence-corrected chi connectivity index (χ3v) is 7.09. The van der Waals surface area contributed by atoms with E-state index in [4.69, 9.17) is 0 Å². The zero-order valence-corrected chi connectivity index (χ0v) is 18.7. The molecule has 5 nitrogen and oxygen atoms in total. The minimum Gasteiger partial charge on any atom is -0.508 e. The van der Waals surface area contributed by atoms with Crippen LogP contribution in [0, 0.1) is 12.3 Å². The number of nitrogens with zero attached hydrogens (tertiary/aromatic N) is 2. The predicted octanol–water partition coefficient (Wildman–Crippen LogP) is 4.26. The molecule has 31 heavy (non-hydrogen) atoms. The van der Waals surface area contributed by atoms with Crippen LogP contribution in [-0.2, 0) is 11.2 Å². The molecular formula is C22H28F3N3O2S. The van der Waals surface area contributed by atoms with Crippen LogP contribution >= 0.6 is 11.3 Å². The molecule has 1 aliphatic rings. The number of aryl methyl sites for hydroxylation is 1. The van der Waals surface area contributed by atoms with Gasteiger partial charge in [0.25, 0.3) is 0 Å². The van der Waals surface area contributed by atoms with Gasteiger partial charge in [0.2, 0.25) is 5.91 Å². The van der Waals surface area contributed by atoms with E-state index in [0.717, 1.165) is 5.56 Å². The summed E-state index contributed by atoms with van der Waals surface area (Å²) in [5.74, 6) is -1.11. The highest BCUT2D eigenvalue weighted by atomic mass is 32.1. The van der Waals surface area contributed by atoms with E-state index in [0.29, 0.717) is 22.9 Å². The van der Waals surface area contributed by atoms with Gasteiger partial charge >= 0.3 is 6.18 Å². The molecule has 1 aliphatic carbocycles. The van der Waals surface area contributed by atoms with Crippen molar-refractivity contribution in [1.29, 1.82) is 0 Å². The number of aromatic nitrogens is 1. The monoisotopic (exact) mass is 455 g/mol. The Kier molecular flexibility index (Phi) is 6.95. The Balaban J connectivity index is 1.67. The highest BCUT2D eigenvalue weighted by Gasteiger charge is 2.67. The fourth-order valence-electron chi connectivity index (χ4n) is 3.90. The lowest BCUT2D eigenvalue weighted by molar-refractivity contribution is -0.194. The topological polar surface area (TPSA) is 65.5 Å². The fourth-order valence-corrected chi connectivity index (χ4v) is 4.91. The molecule has 3 rings (SSSR count). The number of likely N-dealkylation sites (N-methyl/N-ethyl adjacent to an activating group) is 1. The quantitative estimate of drug-likeness (QED) is 0.593. The van der Waals surface area contributed by atoms with Crippen LogP contribution in [0.15, 0.2) is 30.5 Å². The standard InChI is InChI=1S/C22H28F3N3O2S/c1-14-26-13-19(31-14)18(21(8-9-21)22(23,24)25)11-20(30)27-12-16(28(2)3)10-15-4-6-17(29)7-5-15/h4-7,13,16,18,29H,8-12H2,1-3H3,(H,27,30)/t16-,18?/m0/s1. The Labute approximate surface area is 184 Å². The van der Waals surface area contributed by atoms with Crippen LogP contribution in [-0.4, -0.2) is 53.8 Å². The van der Waals surface area contributed by atoms with Gasteiger partial charge in [0, 0.05) is 36.0 Å². The molecule has 0 spiro atoms. The Morgan fingerprint density at radius 3 is 2.42 bits per heavy atom. The summed E-state index contributed by atoms with van der Waals surface area (Å²) in [5.41, 5.74) is -0.825. The summed E-state index contributed by atoms with van der Waals surface area (Å²) in [6, 6.07) is 6.81. The Hall–Kier alpha value is -2.13. The summed E-state index contributed by atoms with van der Waals surface area (Å²) in [5, 5.41) is 13.0. The molecule has 170 valence electrons. The lowest BCUT2D eigenvalue weighted by atomic mass is 9.84. The first kappa shape index (κ1) is 23.5. The molecule has 2 aromatic rings. The molecule has 0 aliphatic heterocycles. The van der Waals surface area contributed by atoms with Crippen molar-refractivity contribution in [3.8, 4) is 5.75 Å². The van der Waals surface area contributed by atoms with Gasteiger partial charge in [0.1, 0.15) is 5.75 Å². The molecule has 1 aromatic heterocycles. The van der Waals surface area contributed by atoms with Crippen molar-refractivity contribution in [1.82, 2.24) is 15.2 Å². The number of carbonyl (C=O) groups excluding carboxylic acids is 1. The molecule has 1 heterocycles. The number of aromatic hydroxyl groups is 1. The van der Waals surface area contributed by atoms with Crippen molar-refractivity contribution in [3.05, 3.63) is 45.9 Å². The first-order valence-corrected chi connectivity index (χ1v) is 11.0. The zero-order chi connectivity index (χ0) is 22.8. The number of phenolic OH excluding ortho intramolecular Hbond substituents is 1. The van der Waals surface area contributed by atoms with Gasteiger partial charge in [-0.3, -0.25) is 4.79 Å². The number of halogens is 3. The average Bonchev–Trinajstić information content (AvgIpc) is 3.40. The molecule has 9 heteroatoms. The van der Waals surface area contributed by atoms with E-state index in [2.05, 4.69) is 10.3 Å². The third kappa shape index (κ3) is 5.57. The van der Waals surface area contributed by atoms with E-state index in [9.17, 15) is 23.1 Å². The van der Waals surface area contributed by atoms with E-state index in [-0.39, 0.29) is 37.0 Å². The molecule has 0 bridgehead atoms. The Bertz CT molecular complexity index is 892. The SMILES string of the molecule is Cc1ncc(C(CC(=O)NC[C@H](Cc2ccc(O)cc2)N(C)C)C2(C(F)(F)F)CC2)s1. The van der Waals surface area contributed by atoms with Crippen molar-refractivity contribution in [3.63, 3.8) is 0 Å². The van der Waals surface area contributed by atoms with Gasteiger partial charge in [0.05, 0.1) is 10.4 Å². The lowest BCUT2D eigenvalue weighted by Crippen LogP contribution is -2.42. The summed E-state index contributed by atoms with van der Waals surface area (Å²) >= 11 is 1.23. The van der Waals surface area contributed by atoms with Gasteiger partial charge in [-0.15, -0.1) is 11.3 Å². The van der Waals surface area contributed by atoms with Crippen molar-refractivity contribution < 1.29 is 23.1 Å². The van der Waals surface area contributed by atoms with Crippen molar-refractivity contribution in [2.45, 2.75) is 50.7 Å². The number of hydrogen-bond acceptors (Lipinski definition) is 5. The normalized spacial score (nSPS) is 17.4. The minimum atomic E-state index is -4.35. The maximum atomic E-state index is 13.8. The van der Waals surface area contributed by atoms with E-state index in [1.165, 1.54) is 17.5 Å². The molecular weight excluding hydrogens is 427 g/mol. The van der Waals surface area contributed by atoms with Crippen LogP contribution in [0.25, 0.3) is 0 Å². The molecule has 1 fully saturated rings. The summed E-state index contributed by atoms with van der Waals surface area (Å²) in [7, 11) is 3.78. The number of carbonyl (C=O) groups is 1. The van der Waals surface area contributed by atoms with Crippen LogP contribution in [0.1, 0.15) is 40.6 Å².